The number of halogens is 3. The molecule has 0 heterocycles. The van der Waals surface area contributed by atoms with Crippen LogP contribution in [0.25, 0.3) is 0 Å². The van der Waals surface area contributed by atoms with Crippen molar-refractivity contribution >= 4 is 21.6 Å². The van der Waals surface area contributed by atoms with Gasteiger partial charge in [0.15, 0.2) is 0 Å². The zero-order chi connectivity index (χ0) is 13.1. The standard InChI is InChI=1S/C14H12BrF2N/c1-9-3-2-4-13(14(9)17)18-8-10-5-6-11(15)7-12(10)16/h2-7,18H,8H2,1H3. The van der Waals surface area contributed by atoms with Crippen LogP contribution in [-0.2, 0) is 6.54 Å². The number of aryl methyl sites for hydroxylation is 1. The Balaban J connectivity index is 2.14. The normalized spacial score (nSPS) is 10.4. The molecule has 0 aliphatic rings. The van der Waals surface area contributed by atoms with Gasteiger partial charge in [0, 0.05) is 16.6 Å². The Morgan fingerprint density at radius 3 is 2.67 bits per heavy atom. The molecule has 0 saturated heterocycles. The average Bonchev–Trinajstić information content (AvgIpc) is 2.33. The van der Waals surface area contributed by atoms with Crippen LogP contribution in [0.3, 0.4) is 0 Å². The van der Waals surface area contributed by atoms with Crippen LogP contribution in [0.5, 0.6) is 0 Å². The summed E-state index contributed by atoms with van der Waals surface area (Å²) >= 11 is 3.19. The Kier molecular flexibility index (Phi) is 3.97. The van der Waals surface area contributed by atoms with E-state index in [-0.39, 0.29) is 18.2 Å². The highest BCUT2D eigenvalue weighted by molar-refractivity contribution is 9.10. The lowest BCUT2D eigenvalue weighted by atomic mass is 10.2. The molecule has 0 saturated carbocycles. The molecule has 0 spiro atoms. The molecule has 0 amide bonds. The average molecular weight is 312 g/mol. The van der Waals surface area contributed by atoms with Crippen molar-refractivity contribution in [3.05, 3.63) is 63.6 Å². The Labute approximate surface area is 113 Å². The van der Waals surface area contributed by atoms with Gasteiger partial charge in [-0.1, -0.05) is 34.1 Å². The van der Waals surface area contributed by atoms with Crippen LogP contribution in [0.2, 0.25) is 0 Å². The second-order valence-electron chi connectivity index (χ2n) is 4.03. The van der Waals surface area contributed by atoms with Gasteiger partial charge in [0.05, 0.1) is 5.69 Å². The van der Waals surface area contributed by atoms with Crippen LogP contribution in [0.4, 0.5) is 14.5 Å². The van der Waals surface area contributed by atoms with Gasteiger partial charge in [-0.15, -0.1) is 0 Å². The summed E-state index contributed by atoms with van der Waals surface area (Å²) in [7, 11) is 0. The van der Waals surface area contributed by atoms with Gasteiger partial charge < -0.3 is 5.32 Å². The molecule has 94 valence electrons. The van der Waals surface area contributed by atoms with E-state index in [0.717, 1.165) is 0 Å². The molecule has 0 unspecified atom stereocenters. The van der Waals surface area contributed by atoms with Gasteiger partial charge in [-0.3, -0.25) is 0 Å². The third kappa shape index (κ3) is 2.88. The minimum absolute atomic E-state index is 0.249. The van der Waals surface area contributed by atoms with E-state index in [0.29, 0.717) is 21.3 Å². The third-order valence-corrected chi connectivity index (χ3v) is 3.17. The number of rotatable bonds is 3. The van der Waals surface area contributed by atoms with Crippen LogP contribution in [0.15, 0.2) is 40.9 Å². The predicted molar refractivity (Wildman–Crippen MR) is 72.6 cm³/mol. The lowest BCUT2D eigenvalue weighted by Gasteiger charge is -2.09. The quantitative estimate of drug-likeness (QED) is 0.870. The maximum atomic E-state index is 13.7. The molecule has 0 bridgehead atoms. The second kappa shape index (κ2) is 5.48. The SMILES string of the molecule is Cc1cccc(NCc2ccc(Br)cc2F)c1F. The van der Waals surface area contributed by atoms with Gasteiger partial charge in [-0.25, -0.2) is 8.78 Å². The van der Waals surface area contributed by atoms with Crippen molar-refractivity contribution in [3.63, 3.8) is 0 Å². The number of hydrogen-bond donors (Lipinski definition) is 1. The summed E-state index contributed by atoms with van der Waals surface area (Å²) in [5.74, 6) is -0.611. The molecule has 0 atom stereocenters. The van der Waals surface area contributed by atoms with Gasteiger partial charge in [-0.2, -0.15) is 0 Å². The van der Waals surface area contributed by atoms with Crippen molar-refractivity contribution in [2.24, 2.45) is 0 Å². The lowest BCUT2D eigenvalue weighted by Crippen LogP contribution is -2.04. The Morgan fingerprint density at radius 2 is 1.94 bits per heavy atom. The lowest BCUT2D eigenvalue weighted by molar-refractivity contribution is 0.608. The molecule has 0 aromatic heterocycles. The summed E-state index contributed by atoms with van der Waals surface area (Å²) in [5.41, 5.74) is 1.45. The van der Waals surface area contributed by atoms with E-state index >= 15 is 0 Å². The van der Waals surface area contributed by atoms with Crippen LogP contribution < -0.4 is 5.32 Å². The van der Waals surface area contributed by atoms with Crippen LogP contribution in [0.1, 0.15) is 11.1 Å². The highest BCUT2D eigenvalue weighted by Crippen LogP contribution is 2.20. The molecule has 2 aromatic rings. The highest BCUT2D eigenvalue weighted by Gasteiger charge is 2.06. The van der Waals surface area contributed by atoms with Gasteiger partial charge in [0.2, 0.25) is 0 Å². The van der Waals surface area contributed by atoms with Crippen molar-refractivity contribution in [3.8, 4) is 0 Å². The Morgan fingerprint density at radius 1 is 1.17 bits per heavy atom. The van der Waals surface area contributed by atoms with Crippen molar-refractivity contribution < 1.29 is 8.78 Å². The van der Waals surface area contributed by atoms with Gasteiger partial charge >= 0.3 is 0 Å². The molecule has 2 aromatic carbocycles. The number of hydrogen-bond acceptors (Lipinski definition) is 1. The largest absolute Gasteiger partial charge is 0.378 e. The molecular weight excluding hydrogens is 300 g/mol. The van der Waals surface area contributed by atoms with E-state index < -0.39 is 0 Å². The smallest absolute Gasteiger partial charge is 0.149 e. The zero-order valence-corrected chi connectivity index (χ0v) is 11.4. The van der Waals surface area contributed by atoms with E-state index in [1.807, 2.05) is 0 Å². The number of nitrogens with one attached hydrogen (secondary N) is 1. The molecule has 1 nitrogen and oxygen atoms in total. The predicted octanol–water partition coefficient (Wildman–Crippen LogP) is 4.65. The number of benzene rings is 2. The molecule has 2 rings (SSSR count). The van der Waals surface area contributed by atoms with Crippen molar-refractivity contribution in [2.45, 2.75) is 13.5 Å². The second-order valence-corrected chi connectivity index (χ2v) is 4.94. The Bertz CT molecular complexity index is 570. The molecule has 18 heavy (non-hydrogen) atoms. The minimum Gasteiger partial charge on any atom is -0.378 e. The van der Waals surface area contributed by atoms with Crippen molar-refractivity contribution in [1.29, 1.82) is 0 Å². The summed E-state index contributed by atoms with van der Waals surface area (Å²) in [6.45, 7) is 1.94. The van der Waals surface area contributed by atoms with E-state index in [2.05, 4.69) is 21.2 Å². The molecule has 1 N–H and O–H groups in total. The summed E-state index contributed by atoms with van der Waals surface area (Å²) in [6.07, 6.45) is 0. The summed E-state index contributed by atoms with van der Waals surface area (Å²) in [6, 6.07) is 9.91. The van der Waals surface area contributed by atoms with Crippen molar-refractivity contribution in [2.75, 3.05) is 5.32 Å². The molecule has 0 radical (unpaired) electrons. The van der Waals surface area contributed by atoms with E-state index in [1.54, 1.807) is 37.3 Å². The first-order chi connectivity index (χ1) is 8.58. The first-order valence-electron chi connectivity index (χ1n) is 5.51. The molecule has 0 aliphatic carbocycles. The van der Waals surface area contributed by atoms with E-state index in [1.165, 1.54) is 6.07 Å². The van der Waals surface area contributed by atoms with E-state index in [4.69, 9.17) is 0 Å². The molecule has 0 fully saturated rings. The first kappa shape index (κ1) is 13.0. The van der Waals surface area contributed by atoms with Gasteiger partial charge in [-0.05, 0) is 30.7 Å². The van der Waals surface area contributed by atoms with Crippen LogP contribution >= 0.6 is 15.9 Å². The molecule has 4 heteroatoms. The maximum absolute atomic E-state index is 13.7. The third-order valence-electron chi connectivity index (χ3n) is 2.68. The monoisotopic (exact) mass is 311 g/mol. The fraction of sp³-hybridized carbons (Fsp3) is 0.143. The summed E-state index contributed by atoms with van der Waals surface area (Å²) in [5, 5.41) is 2.90. The molecular formula is C14H12BrF2N. The fourth-order valence-electron chi connectivity index (χ4n) is 1.64. The van der Waals surface area contributed by atoms with E-state index in [9.17, 15) is 8.78 Å². The minimum atomic E-state index is -0.315. The summed E-state index contributed by atoms with van der Waals surface area (Å²) in [4.78, 5) is 0. The zero-order valence-electron chi connectivity index (χ0n) is 9.81. The highest BCUT2D eigenvalue weighted by atomic mass is 79.9. The van der Waals surface area contributed by atoms with Gasteiger partial charge in [0.25, 0.3) is 0 Å². The molecule has 0 aliphatic heterocycles. The maximum Gasteiger partial charge on any atom is 0.149 e. The number of anilines is 1. The first-order valence-corrected chi connectivity index (χ1v) is 6.30. The van der Waals surface area contributed by atoms with Gasteiger partial charge in [0.1, 0.15) is 11.6 Å². The fourth-order valence-corrected chi connectivity index (χ4v) is 1.97. The van der Waals surface area contributed by atoms with Crippen molar-refractivity contribution in [1.82, 2.24) is 0 Å². The van der Waals surface area contributed by atoms with Crippen LogP contribution in [0, 0.1) is 18.6 Å². The Hall–Kier alpha value is -1.42. The summed E-state index contributed by atoms with van der Waals surface area (Å²) < 4.78 is 28.0. The van der Waals surface area contributed by atoms with Crippen LogP contribution in [-0.4, -0.2) is 0 Å². The topological polar surface area (TPSA) is 12.0 Å².